The standard InChI is InChI=1S/C19H25ClFNO4.Na/c1-18(2,3)26-17(25)22-14(8-9-19(22,4)5)15(16(23)24)11-6-7-12(20)13(21)10-11;/h6-7,10,14-15H,8-9H2,1-5H3,(H,23,24);/t14-,15-;/m0./s1. The molecule has 1 aliphatic heterocycles. The fraction of sp³-hybridized carbons (Fsp3) is 0.579. The molecular formula is C19H25ClFNNaO4. The molecule has 145 valence electrons. The van der Waals surface area contributed by atoms with Crippen molar-refractivity contribution in [2.75, 3.05) is 0 Å². The second-order valence-corrected chi connectivity index (χ2v) is 8.67. The topological polar surface area (TPSA) is 66.8 Å². The van der Waals surface area contributed by atoms with Crippen LogP contribution in [0.25, 0.3) is 0 Å². The van der Waals surface area contributed by atoms with Gasteiger partial charge in [-0.05, 0) is 65.2 Å². The molecule has 0 aromatic heterocycles. The second kappa shape index (κ2) is 8.68. The number of benzene rings is 1. The molecule has 5 nitrogen and oxygen atoms in total. The Morgan fingerprint density at radius 2 is 1.96 bits per heavy atom. The largest absolute Gasteiger partial charge is 0.481 e. The van der Waals surface area contributed by atoms with Crippen LogP contribution in [0, 0.1) is 5.82 Å². The molecule has 0 aliphatic carbocycles. The number of aliphatic carboxylic acids is 1. The first kappa shape index (κ1) is 24.2. The Hall–Kier alpha value is -0.820. The van der Waals surface area contributed by atoms with Crippen LogP contribution in [0.1, 0.15) is 58.9 Å². The van der Waals surface area contributed by atoms with Crippen LogP contribution in [0.3, 0.4) is 0 Å². The number of carbonyl (C=O) groups excluding carboxylic acids is 1. The van der Waals surface area contributed by atoms with Crippen molar-refractivity contribution in [3.63, 3.8) is 0 Å². The van der Waals surface area contributed by atoms with Gasteiger partial charge in [0.2, 0.25) is 0 Å². The molecule has 1 radical (unpaired) electrons. The summed E-state index contributed by atoms with van der Waals surface area (Å²) in [6.07, 6.45) is 0.537. The van der Waals surface area contributed by atoms with Crippen LogP contribution in [-0.4, -0.2) is 68.8 Å². The van der Waals surface area contributed by atoms with Gasteiger partial charge in [-0.15, -0.1) is 0 Å². The summed E-state index contributed by atoms with van der Waals surface area (Å²) in [6, 6.07) is 3.31. The third kappa shape index (κ3) is 5.59. The van der Waals surface area contributed by atoms with E-state index in [1.807, 2.05) is 13.8 Å². The van der Waals surface area contributed by atoms with E-state index in [4.69, 9.17) is 16.3 Å². The molecule has 27 heavy (non-hydrogen) atoms. The van der Waals surface area contributed by atoms with Crippen molar-refractivity contribution in [2.24, 2.45) is 0 Å². The van der Waals surface area contributed by atoms with Gasteiger partial charge in [0.15, 0.2) is 0 Å². The quantitative estimate of drug-likeness (QED) is 0.750. The van der Waals surface area contributed by atoms with Crippen molar-refractivity contribution >= 4 is 53.2 Å². The Bertz CT molecular complexity index is 720. The number of rotatable bonds is 3. The van der Waals surface area contributed by atoms with E-state index >= 15 is 0 Å². The Labute approximate surface area is 186 Å². The van der Waals surface area contributed by atoms with Gasteiger partial charge < -0.3 is 9.84 Å². The van der Waals surface area contributed by atoms with Crippen LogP contribution in [-0.2, 0) is 9.53 Å². The number of nitrogens with zero attached hydrogens (tertiary/aromatic N) is 1. The van der Waals surface area contributed by atoms with Crippen LogP contribution < -0.4 is 0 Å². The van der Waals surface area contributed by atoms with Gasteiger partial charge in [-0.3, -0.25) is 9.69 Å². The van der Waals surface area contributed by atoms with Gasteiger partial charge in [0.25, 0.3) is 0 Å². The van der Waals surface area contributed by atoms with Crippen LogP contribution >= 0.6 is 11.6 Å². The molecule has 0 spiro atoms. The van der Waals surface area contributed by atoms with Crippen LogP contribution in [0.4, 0.5) is 9.18 Å². The zero-order valence-electron chi connectivity index (χ0n) is 16.7. The summed E-state index contributed by atoms with van der Waals surface area (Å²) in [5, 5.41) is 9.74. The van der Waals surface area contributed by atoms with E-state index in [1.54, 1.807) is 20.8 Å². The molecular weight excluding hydrogens is 384 g/mol. The fourth-order valence-electron chi connectivity index (χ4n) is 3.44. The summed E-state index contributed by atoms with van der Waals surface area (Å²) < 4.78 is 19.4. The Kier molecular flexibility index (Phi) is 7.79. The van der Waals surface area contributed by atoms with Crippen molar-refractivity contribution in [1.82, 2.24) is 4.90 Å². The van der Waals surface area contributed by atoms with Gasteiger partial charge >= 0.3 is 12.1 Å². The zero-order valence-corrected chi connectivity index (χ0v) is 19.4. The minimum atomic E-state index is -1.12. The molecule has 2 rings (SSSR count). The van der Waals surface area contributed by atoms with E-state index in [2.05, 4.69) is 0 Å². The van der Waals surface area contributed by atoms with Gasteiger partial charge in [0, 0.05) is 35.1 Å². The SMILES string of the molecule is CC(C)(C)OC(=O)N1[C@H]([C@@H](C(=O)O)c2ccc(Cl)c(F)c2)CCC1(C)C.[Na]. The number of halogens is 2. The molecule has 1 amide bonds. The molecule has 0 bridgehead atoms. The van der Waals surface area contributed by atoms with Crippen molar-refractivity contribution in [2.45, 2.75) is 70.6 Å². The molecule has 1 aromatic carbocycles. The first-order chi connectivity index (χ1) is 11.8. The van der Waals surface area contributed by atoms with E-state index < -0.39 is 41.0 Å². The van der Waals surface area contributed by atoms with Gasteiger partial charge in [-0.2, -0.15) is 0 Å². The predicted octanol–water partition coefficient (Wildman–Crippen LogP) is 4.44. The number of hydrogen-bond donors (Lipinski definition) is 1. The maximum atomic E-state index is 13.9. The van der Waals surface area contributed by atoms with Crippen molar-refractivity contribution in [3.05, 3.63) is 34.6 Å². The molecule has 1 fully saturated rings. The summed E-state index contributed by atoms with van der Waals surface area (Å²) >= 11 is 5.71. The third-order valence-electron chi connectivity index (χ3n) is 4.58. The van der Waals surface area contributed by atoms with E-state index in [0.717, 1.165) is 6.07 Å². The van der Waals surface area contributed by atoms with Gasteiger partial charge in [-0.1, -0.05) is 17.7 Å². The number of likely N-dealkylation sites (tertiary alicyclic amines) is 1. The minimum absolute atomic E-state index is 0. The van der Waals surface area contributed by atoms with Gasteiger partial charge in [0.05, 0.1) is 11.1 Å². The van der Waals surface area contributed by atoms with E-state index in [0.29, 0.717) is 12.8 Å². The molecule has 2 atom stereocenters. The van der Waals surface area contributed by atoms with Crippen molar-refractivity contribution in [3.8, 4) is 0 Å². The summed E-state index contributed by atoms with van der Waals surface area (Å²) in [6.45, 7) is 9.02. The normalized spacial score (nSPS) is 20.0. The number of ether oxygens (including phenoxy) is 1. The first-order valence-electron chi connectivity index (χ1n) is 8.53. The number of carboxylic acids is 1. The van der Waals surface area contributed by atoms with E-state index in [1.165, 1.54) is 17.0 Å². The van der Waals surface area contributed by atoms with Gasteiger partial charge in [-0.25, -0.2) is 9.18 Å². The second-order valence-electron chi connectivity index (χ2n) is 8.26. The molecule has 8 heteroatoms. The fourth-order valence-corrected chi connectivity index (χ4v) is 3.56. The maximum absolute atomic E-state index is 13.9. The summed E-state index contributed by atoms with van der Waals surface area (Å²) in [4.78, 5) is 26.3. The molecule has 0 saturated carbocycles. The summed E-state index contributed by atoms with van der Waals surface area (Å²) in [5.41, 5.74) is -0.993. The number of amides is 1. The van der Waals surface area contributed by atoms with Gasteiger partial charge in [0.1, 0.15) is 17.3 Å². The number of carboxylic acid groups (broad SMARTS) is 1. The number of carbonyl (C=O) groups is 2. The first-order valence-corrected chi connectivity index (χ1v) is 8.91. The van der Waals surface area contributed by atoms with Crippen LogP contribution in [0.15, 0.2) is 18.2 Å². The molecule has 1 N–H and O–H groups in total. The predicted molar refractivity (Wildman–Crippen MR) is 103 cm³/mol. The summed E-state index contributed by atoms with van der Waals surface area (Å²) in [7, 11) is 0. The monoisotopic (exact) mass is 408 g/mol. The van der Waals surface area contributed by atoms with E-state index in [9.17, 15) is 19.1 Å². The zero-order chi connectivity index (χ0) is 19.9. The van der Waals surface area contributed by atoms with Crippen LogP contribution in [0.2, 0.25) is 5.02 Å². The Morgan fingerprint density at radius 1 is 1.37 bits per heavy atom. The minimum Gasteiger partial charge on any atom is -0.481 e. The van der Waals surface area contributed by atoms with Crippen molar-refractivity contribution in [1.29, 1.82) is 0 Å². The molecule has 1 aromatic rings. The number of hydrogen-bond acceptors (Lipinski definition) is 3. The van der Waals surface area contributed by atoms with Crippen LogP contribution in [0.5, 0.6) is 0 Å². The maximum Gasteiger partial charge on any atom is 0.411 e. The molecule has 0 unspecified atom stereocenters. The Balaban J connectivity index is 0.00000364. The third-order valence-corrected chi connectivity index (χ3v) is 4.89. The molecule has 1 aliphatic rings. The average Bonchev–Trinajstić information content (AvgIpc) is 2.76. The van der Waals surface area contributed by atoms with E-state index in [-0.39, 0.29) is 40.1 Å². The van der Waals surface area contributed by atoms with Crippen molar-refractivity contribution < 1.29 is 23.8 Å². The molecule has 1 heterocycles. The molecule has 1 saturated heterocycles. The average molecular weight is 409 g/mol. The summed E-state index contributed by atoms with van der Waals surface area (Å²) in [5.74, 6) is -2.88. The smallest absolute Gasteiger partial charge is 0.411 e. The Morgan fingerprint density at radius 3 is 2.44 bits per heavy atom.